The second-order valence-corrected chi connectivity index (χ2v) is 4.16. The molecule has 0 radical (unpaired) electrons. The molecule has 1 aromatic carbocycles. The number of benzene rings is 1. The highest BCUT2D eigenvalue weighted by molar-refractivity contribution is 5.73. The van der Waals surface area contributed by atoms with Crippen LogP contribution in [0.3, 0.4) is 0 Å². The van der Waals surface area contributed by atoms with Crippen molar-refractivity contribution in [1.82, 2.24) is 4.90 Å². The van der Waals surface area contributed by atoms with Gasteiger partial charge in [0.15, 0.2) is 0 Å². The Kier molecular flexibility index (Phi) is 24.6. The minimum Gasteiger partial charge on any atom is -0.388 e. The summed E-state index contributed by atoms with van der Waals surface area (Å²) in [6.07, 6.45) is 1.05. The standard InChI is InChI=1S/C7H15NO.C7H8.C2H6O.C2H6/c1-4-6-8(5-2)7(3)9;1-7-5-3-2-4-6-7;1-3-2;1-2/h4-6H2,1-3H3;2-6H,1H3;1-2H3;1-2H3. The number of rotatable bonds is 3. The Hall–Kier alpha value is -1.35. The van der Waals surface area contributed by atoms with Gasteiger partial charge in [0.2, 0.25) is 5.91 Å². The van der Waals surface area contributed by atoms with Crippen molar-refractivity contribution in [3.05, 3.63) is 35.9 Å². The Bertz CT molecular complexity index is 299. The quantitative estimate of drug-likeness (QED) is 0.819. The van der Waals surface area contributed by atoms with Gasteiger partial charge in [0.05, 0.1) is 0 Å². The Morgan fingerprint density at radius 3 is 1.67 bits per heavy atom. The molecule has 1 rings (SSSR count). The molecule has 21 heavy (non-hydrogen) atoms. The fourth-order valence-corrected chi connectivity index (χ4v) is 1.34. The molecule has 0 saturated carbocycles. The number of hydrogen-bond acceptors (Lipinski definition) is 2. The monoisotopic (exact) mass is 297 g/mol. The predicted molar refractivity (Wildman–Crippen MR) is 93.7 cm³/mol. The first-order chi connectivity index (χ1) is 10.0. The molecule has 0 saturated heterocycles. The molecule has 0 aliphatic rings. The lowest BCUT2D eigenvalue weighted by atomic mass is 10.2. The zero-order valence-electron chi connectivity index (χ0n) is 15.3. The zero-order valence-corrected chi connectivity index (χ0v) is 15.3. The zero-order chi connectivity index (χ0) is 17.1. The Labute approximate surface area is 132 Å². The van der Waals surface area contributed by atoms with Crippen LogP contribution in [0.4, 0.5) is 0 Å². The first-order valence-corrected chi connectivity index (χ1v) is 7.70. The first kappa shape index (κ1) is 24.7. The van der Waals surface area contributed by atoms with E-state index in [1.54, 1.807) is 21.1 Å². The molecule has 0 aromatic heterocycles. The average Bonchev–Trinajstić information content (AvgIpc) is 2.49. The second-order valence-electron chi connectivity index (χ2n) is 4.16. The van der Waals surface area contributed by atoms with E-state index in [1.165, 1.54) is 5.56 Å². The predicted octanol–water partition coefficient (Wildman–Crippen LogP) is 4.55. The number of nitrogens with zero attached hydrogens (tertiary/aromatic N) is 1. The average molecular weight is 297 g/mol. The summed E-state index contributed by atoms with van der Waals surface area (Å²) in [5, 5.41) is 0. The molecule has 0 N–H and O–H groups in total. The number of carbonyl (C=O) groups is 1. The minimum atomic E-state index is 0.180. The molecule has 0 aliphatic carbocycles. The van der Waals surface area contributed by atoms with Gasteiger partial charge >= 0.3 is 0 Å². The van der Waals surface area contributed by atoms with Crippen molar-refractivity contribution in [2.75, 3.05) is 27.3 Å². The maximum absolute atomic E-state index is 10.7. The van der Waals surface area contributed by atoms with Crippen molar-refractivity contribution < 1.29 is 9.53 Å². The van der Waals surface area contributed by atoms with E-state index in [2.05, 4.69) is 30.7 Å². The molecule has 124 valence electrons. The van der Waals surface area contributed by atoms with Gasteiger partial charge in [0.25, 0.3) is 0 Å². The van der Waals surface area contributed by atoms with E-state index in [9.17, 15) is 4.79 Å². The van der Waals surface area contributed by atoms with Crippen molar-refractivity contribution >= 4 is 5.91 Å². The molecule has 0 unspecified atom stereocenters. The Morgan fingerprint density at radius 2 is 1.52 bits per heavy atom. The number of carbonyl (C=O) groups excluding carboxylic acids is 1. The van der Waals surface area contributed by atoms with Crippen molar-refractivity contribution in [2.45, 2.75) is 48.0 Å². The molecule has 0 atom stereocenters. The van der Waals surface area contributed by atoms with E-state index in [1.807, 2.05) is 43.9 Å². The number of hydrogen-bond donors (Lipinski definition) is 0. The van der Waals surface area contributed by atoms with Crippen LogP contribution in [-0.4, -0.2) is 38.1 Å². The van der Waals surface area contributed by atoms with Crippen molar-refractivity contribution in [2.24, 2.45) is 0 Å². The van der Waals surface area contributed by atoms with Gasteiger partial charge in [0, 0.05) is 34.2 Å². The van der Waals surface area contributed by atoms with Gasteiger partial charge in [-0.1, -0.05) is 56.7 Å². The summed E-state index contributed by atoms with van der Waals surface area (Å²) in [5.41, 5.74) is 1.32. The molecule has 3 heteroatoms. The first-order valence-electron chi connectivity index (χ1n) is 7.70. The summed E-state index contributed by atoms with van der Waals surface area (Å²) in [6.45, 7) is 13.5. The fourth-order valence-electron chi connectivity index (χ4n) is 1.34. The molecular weight excluding hydrogens is 262 g/mol. The van der Waals surface area contributed by atoms with Gasteiger partial charge in [0.1, 0.15) is 0 Å². The molecule has 0 bridgehead atoms. The summed E-state index contributed by atoms with van der Waals surface area (Å²) in [6, 6.07) is 10.3. The lowest BCUT2D eigenvalue weighted by Crippen LogP contribution is -2.28. The summed E-state index contributed by atoms with van der Waals surface area (Å²) >= 11 is 0. The summed E-state index contributed by atoms with van der Waals surface area (Å²) in [5.74, 6) is 0.180. The van der Waals surface area contributed by atoms with E-state index in [0.29, 0.717) is 0 Å². The molecule has 0 spiro atoms. The molecule has 1 amide bonds. The SMILES string of the molecule is CC.CCCN(CC)C(C)=O.COC.Cc1ccccc1. The minimum absolute atomic E-state index is 0.180. The normalized spacial score (nSPS) is 8.00. The van der Waals surface area contributed by atoms with Crippen LogP contribution < -0.4 is 0 Å². The summed E-state index contributed by atoms with van der Waals surface area (Å²) in [4.78, 5) is 12.5. The van der Waals surface area contributed by atoms with E-state index in [4.69, 9.17) is 0 Å². The highest BCUT2D eigenvalue weighted by atomic mass is 16.4. The number of aryl methyl sites for hydroxylation is 1. The lowest BCUT2D eigenvalue weighted by Gasteiger charge is -2.16. The van der Waals surface area contributed by atoms with Crippen molar-refractivity contribution in [3.8, 4) is 0 Å². The topological polar surface area (TPSA) is 29.5 Å². The maximum atomic E-state index is 10.7. The second kappa shape index (κ2) is 21.0. The Balaban J connectivity index is -0.000000239. The van der Waals surface area contributed by atoms with E-state index >= 15 is 0 Å². The molecule has 0 fully saturated rings. The van der Waals surface area contributed by atoms with Gasteiger partial charge < -0.3 is 9.64 Å². The van der Waals surface area contributed by atoms with E-state index < -0.39 is 0 Å². The van der Waals surface area contributed by atoms with Crippen LogP contribution in [0, 0.1) is 6.92 Å². The third-order valence-corrected chi connectivity index (χ3v) is 2.26. The molecule has 0 heterocycles. The van der Waals surface area contributed by atoms with Crippen LogP contribution in [-0.2, 0) is 9.53 Å². The van der Waals surface area contributed by atoms with Gasteiger partial charge in [-0.05, 0) is 20.3 Å². The molecular formula is C18H35NO2. The maximum Gasteiger partial charge on any atom is 0.219 e. The van der Waals surface area contributed by atoms with Crippen LogP contribution in [0.25, 0.3) is 0 Å². The van der Waals surface area contributed by atoms with Gasteiger partial charge in [-0.2, -0.15) is 0 Å². The van der Waals surface area contributed by atoms with Crippen LogP contribution in [0.15, 0.2) is 30.3 Å². The highest BCUT2D eigenvalue weighted by Crippen LogP contribution is 1.92. The molecule has 1 aromatic rings. The van der Waals surface area contributed by atoms with Crippen LogP contribution in [0.5, 0.6) is 0 Å². The number of amides is 1. The van der Waals surface area contributed by atoms with Crippen molar-refractivity contribution in [1.29, 1.82) is 0 Å². The molecule has 0 aliphatic heterocycles. The van der Waals surface area contributed by atoms with Crippen LogP contribution >= 0.6 is 0 Å². The third kappa shape index (κ3) is 21.1. The van der Waals surface area contributed by atoms with E-state index in [-0.39, 0.29) is 5.91 Å². The summed E-state index contributed by atoms with van der Waals surface area (Å²) < 4.78 is 4.25. The van der Waals surface area contributed by atoms with Crippen molar-refractivity contribution in [3.63, 3.8) is 0 Å². The van der Waals surface area contributed by atoms with E-state index in [0.717, 1.165) is 19.5 Å². The van der Waals surface area contributed by atoms with Gasteiger partial charge in [-0.15, -0.1) is 0 Å². The van der Waals surface area contributed by atoms with Crippen LogP contribution in [0.2, 0.25) is 0 Å². The smallest absolute Gasteiger partial charge is 0.219 e. The van der Waals surface area contributed by atoms with Gasteiger partial charge in [-0.25, -0.2) is 0 Å². The molecule has 3 nitrogen and oxygen atoms in total. The highest BCUT2D eigenvalue weighted by Gasteiger charge is 2.01. The Morgan fingerprint density at radius 1 is 1.10 bits per heavy atom. The lowest BCUT2D eigenvalue weighted by molar-refractivity contribution is -0.128. The fraction of sp³-hybridized carbons (Fsp3) is 0.611. The number of methoxy groups -OCH3 is 1. The number of ether oxygens (including phenoxy) is 1. The van der Waals surface area contributed by atoms with Gasteiger partial charge in [-0.3, -0.25) is 4.79 Å². The largest absolute Gasteiger partial charge is 0.388 e. The van der Waals surface area contributed by atoms with Crippen LogP contribution in [0.1, 0.15) is 46.6 Å². The summed E-state index contributed by atoms with van der Waals surface area (Å²) in [7, 11) is 3.25. The third-order valence-electron chi connectivity index (χ3n) is 2.26.